The van der Waals surface area contributed by atoms with Gasteiger partial charge in [0.25, 0.3) is 0 Å². The van der Waals surface area contributed by atoms with E-state index >= 15 is 0 Å². The zero-order chi connectivity index (χ0) is 21.9. The summed E-state index contributed by atoms with van der Waals surface area (Å²) >= 11 is 0. The topological polar surface area (TPSA) is 87.7 Å². The van der Waals surface area contributed by atoms with Crippen molar-refractivity contribution in [2.45, 2.75) is 65.5 Å². The third kappa shape index (κ3) is 8.98. The van der Waals surface area contributed by atoms with E-state index in [-0.39, 0.29) is 18.4 Å². The van der Waals surface area contributed by atoms with Crippen molar-refractivity contribution in [1.82, 2.24) is 15.5 Å². The highest BCUT2D eigenvalue weighted by atomic mass is 16.6. The van der Waals surface area contributed by atoms with E-state index in [0.717, 1.165) is 18.4 Å². The van der Waals surface area contributed by atoms with Crippen LogP contribution in [-0.2, 0) is 14.3 Å². The molecule has 1 rings (SSSR count). The highest BCUT2D eigenvalue weighted by Gasteiger charge is 2.31. The Morgan fingerprint density at radius 3 is 2.24 bits per heavy atom. The predicted octanol–water partition coefficient (Wildman–Crippen LogP) is 3.41. The average Bonchev–Trinajstić information content (AvgIpc) is 2.65. The molecule has 0 aliphatic carbocycles. The minimum Gasteiger partial charge on any atom is -0.444 e. The summed E-state index contributed by atoms with van der Waals surface area (Å²) in [6, 6.07) is 8.47. The number of benzene rings is 1. The molecule has 1 unspecified atom stereocenters. The van der Waals surface area contributed by atoms with E-state index in [9.17, 15) is 14.4 Å². The van der Waals surface area contributed by atoms with Gasteiger partial charge in [-0.1, -0.05) is 50.6 Å². The number of nitrogens with zero attached hydrogens (tertiary/aromatic N) is 1. The molecule has 1 aromatic carbocycles. The van der Waals surface area contributed by atoms with E-state index in [4.69, 9.17) is 4.74 Å². The van der Waals surface area contributed by atoms with Gasteiger partial charge < -0.3 is 20.3 Å². The smallest absolute Gasteiger partial charge is 0.408 e. The Bertz CT molecular complexity index is 656. The van der Waals surface area contributed by atoms with Crippen LogP contribution in [0.15, 0.2) is 30.3 Å². The summed E-state index contributed by atoms with van der Waals surface area (Å²) in [4.78, 5) is 39.3. The molecule has 1 aromatic rings. The molecule has 29 heavy (non-hydrogen) atoms. The average molecular weight is 406 g/mol. The normalized spacial score (nSPS) is 12.0. The van der Waals surface area contributed by atoms with Crippen molar-refractivity contribution >= 4 is 17.9 Å². The second kappa shape index (κ2) is 12.1. The summed E-state index contributed by atoms with van der Waals surface area (Å²) in [6.07, 6.45) is 1.86. The zero-order valence-corrected chi connectivity index (χ0v) is 18.3. The summed E-state index contributed by atoms with van der Waals surface area (Å²) in [5.41, 5.74) is 0.0858. The number of ether oxygens (including phenoxy) is 1. The molecule has 7 nitrogen and oxygen atoms in total. The molecule has 1 atom stereocenters. The molecule has 0 radical (unpaired) electrons. The highest BCUT2D eigenvalue weighted by Crippen LogP contribution is 2.22. The molecule has 0 aromatic heterocycles. The molecule has 0 aliphatic heterocycles. The molecule has 7 heteroatoms. The summed E-state index contributed by atoms with van der Waals surface area (Å²) in [5, 5.41) is 5.42. The van der Waals surface area contributed by atoms with Crippen LogP contribution in [0.3, 0.4) is 0 Å². The van der Waals surface area contributed by atoms with E-state index in [1.807, 2.05) is 37.3 Å². The molecule has 0 saturated carbocycles. The summed E-state index contributed by atoms with van der Waals surface area (Å²) < 4.78 is 5.19. The lowest BCUT2D eigenvalue weighted by Gasteiger charge is -2.31. The van der Waals surface area contributed by atoms with Crippen LogP contribution in [0.25, 0.3) is 0 Å². The number of hydrogen-bond donors (Lipinski definition) is 2. The molecule has 0 spiro atoms. The Kier molecular flexibility index (Phi) is 10.2. The van der Waals surface area contributed by atoms with Gasteiger partial charge in [-0.05, 0) is 39.2 Å². The molecule has 0 heterocycles. The number of nitrogens with one attached hydrogen (secondary N) is 2. The molecule has 0 bridgehead atoms. The maximum absolute atomic E-state index is 12.9. The molecule has 162 valence electrons. The number of carbonyl (C=O) groups excluding carboxylic acids is 3. The fourth-order valence-electron chi connectivity index (χ4n) is 2.80. The minimum absolute atomic E-state index is 0.219. The number of hydrogen-bond acceptors (Lipinski definition) is 4. The van der Waals surface area contributed by atoms with Crippen LogP contribution in [0.4, 0.5) is 4.79 Å². The standard InChI is InChI=1S/C22H35N3O4/c1-6-8-14-23-20(27)19(17-12-10-9-11-13-17)25(15-7-2)18(26)16-24-21(28)29-22(3,4)5/h9-13,19H,6-8,14-16H2,1-5H3,(H,23,27)(H,24,28). The Balaban J connectivity index is 2.98. The van der Waals surface area contributed by atoms with Gasteiger partial charge in [0.2, 0.25) is 11.8 Å². The van der Waals surface area contributed by atoms with Crippen LogP contribution in [0.1, 0.15) is 65.5 Å². The van der Waals surface area contributed by atoms with E-state index in [2.05, 4.69) is 17.6 Å². The van der Waals surface area contributed by atoms with Gasteiger partial charge in [-0.3, -0.25) is 9.59 Å². The maximum Gasteiger partial charge on any atom is 0.408 e. The van der Waals surface area contributed by atoms with Crippen LogP contribution in [-0.4, -0.2) is 48.0 Å². The van der Waals surface area contributed by atoms with Gasteiger partial charge in [0.05, 0.1) is 0 Å². The van der Waals surface area contributed by atoms with Crippen molar-refractivity contribution in [1.29, 1.82) is 0 Å². The van der Waals surface area contributed by atoms with Crippen LogP contribution < -0.4 is 10.6 Å². The fraction of sp³-hybridized carbons (Fsp3) is 0.591. The zero-order valence-electron chi connectivity index (χ0n) is 18.3. The SMILES string of the molecule is CCCCNC(=O)C(c1ccccc1)N(CCC)C(=O)CNC(=O)OC(C)(C)C. The van der Waals surface area contributed by atoms with Crippen LogP contribution in [0.5, 0.6) is 0 Å². The number of alkyl carbamates (subject to hydrolysis) is 1. The summed E-state index contributed by atoms with van der Waals surface area (Å²) in [5.74, 6) is -0.555. The summed E-state index contributed by atoms with van der Waals surface area (Å²) in [6.45, 7) is 9.98. The van der Waals surface area contributed by atoms with Gasteiger partial charge in [0.1, 0.15) is 18.2 Å². The van der Waals surface area contributed by atoms with Crippen LogP contribution in [0.2, 0.25) is 0 Å². The predicted molar refractivity (Wildman–Crippen MR) is 113 cm³/mol. The first kappa shape index (κ1) is 24.5. The van der Waals surface area contributed by atoms with Gasteiger partial charge in [0, 0.05) is 13.1 Å². The van der Waals surface area contributed by atoms with Crippen LogP contribution in [0, 0.1) is 0 Å². The lowest BCUT2D eigenvalue weighted by atomic mass is 10.0. The second-order valence-electron chi connectivity index (χ2n) is 7.90. The van der Waals surface area contributed by atoms with Crippen molar-refractivity contribution in [3.8, 4) is 0 Å². The molecular formula is C22H35N3O4. The number of amides is 3. The third-order valence-electron chi connectivity index (χ3n) is 4.07. The number of rotatable bonds is 10. The lowest BCUT2D eigenvalue weighted by Crippen LogP contribution is -2.48. The minimum atomic E-state index is -0.749. The van der Waals surface area contributed by atoms with Crippen LogP contribution >= 0.6 is 0 Å². The monoisotopic (exact) mass is 405 g/mol. The van der Waals surface area contributed by atoms with Gasteiger partial charge in [-0.2, -0.15) is 0 Å². The van der Waals surface area contributed by atoms with Crippen molar-refractivity contribution in [3.05, 3.63) is 35.9 Å². The van der Waals surface area contributed by atoms with Crippen molar-refractivity contribution < 1.29 is 19.1 Å². The number of carbonyl (C=O) groups is 3. The number of unbranched alkanes of at least 4 members (excludes halogenated alkanes) is 1. The van der Waals surface area contributed by atoms with E-state index < -0.39 is 17.7 Å². The fourth-order valence-corrected chi connectivity index (χ4v) is 2.80. The first-order chi connectivity index (χ1) is 13.7. The van der Waals surface area contributed by atoms with Gasteiger partial charge in [-0.25, -0.2) is 4.79 Å². The highest BCUT2D eigenvalue weighted by molar-refractivity contribution is 5.90. The largest absolute Gasteiger partial charge is 0.444 e. The van der Waals surface area contributed by atoms with Crippen molar-refractivity contribution in [2.24, 2.45) is 0 Å². The Morgan fingerprint density at radius 1 is 1.03 bits per heavy atom. The molecule has 3 amide bonds. The quantitative estimate of drug-likeness (QED) is 0.584. The summed E-state index contributed by atoms with van der Waals surface area (Å²) in [7, 11) is 0. The van der Waals surface area contributed by atoms with Crippen molar-refractivity contribution in [3.63, 3.8) is 0 Å². The second-order valence-corrected chi connectivity index (χ2v) is 7.90. The van der Waals surface area contributed by atoms with E-state index in [1.54, 1.807) is 20.8 Å². The first-order valence-electron chi connectivity index (χ1n) is 10.3. The van der Waals surface area contributed by atoms with Gasteiger partial charge in [-0.15, -0.1) is 0 Å². The lowest BCUT2D eigenvalue weighted by molar-refractivity contribution is -0.140. The molecule has 0 saturated heterocycles. The molecule has 0 fully saturated rings. The van der Waals surface area contributed by atoms with E-state index in [1.165, 1.54) is 4.90 Å². The molecule has 0 aliphatic rings. The first-order valence-corrected chi connectivity index (χ1v) is 10.3. The molecule has 2 N–H and O–H groups in total. The van der Waals surface area contributed by atoms with E-state index in [0.29, 0.717) is 19.5 Å². The third-order valence-corrected chi connectivity index (χ3v) is 4.07. The molecular weight excluding hydrogens is 370 g/mol. The maximum atomic E-state index is 12.9. The van der Waals surface area contributed by atoms with Gasteiger partial charge >= 0.3 is 6.09 Å². The Morgan fingerprint density at radius 2 is 1.69 bits per heavy atom. The Labute approximate surface area is 174 Å². The van der Waals surface area contributed by atoms with Crippen molar-refractivity contribution in [2.75, 3.05) is 19.6 Å². The Hall–Kier alpha value is -2.57. The van der Waals surface area contributed by atoms with Gasteiger partial charge in [0.15, 0.2) is 0 Å².